The number of hydrogen-bond donors (Lipinski definition) is 2. The van der Waals surface area contributed by atoms with Gasteiger partial charge >= 0.3 is 5.69 Å². The van der Waals surface area contributed by atoms with Crippen molar-refractivity contribution in [3.8, 4) is 11.1 Å². The van der Waals surface area contributed by atoms with Crippen molar-refractivity contribution in [2.24, 2.45) is 0 Å². The molecule has 0 unspecified atom stereocenters. The smallest absolute Gasteiger partial charge is 0.347 e. The summed E-state index contributed by atoms with van der Waals surface area (Å²) in [5, 5.41) is 0.655. The summed E-state index contributed by atoms with van der Waals surface area (Å²) in [6.07, 6.45) is 0.680. The van der Waals surface area contributed by atoms with Crippen LogP contribution in [0.25, 0.3) is 11.1 Å². The molecule has 17 heavy (non-hydrogen) atoms. The zero-order chi connectivity index (χ0) is 12.4. The van der Waals surface area contributed by atoms with Crippen molar-refractivity contribution in [3.63, 3.8) is 0 Å². The van der Waals surface area contributed by atoms with Gasteiger partial charge in [-0.2, -0.15) is 4.98 Å². The summed E-state index contributed by atoms with van der Waals surface area (Å²) in [6.45, 7) is 1.95. The van der Waals surface area contributed by atoms with Crippen LogP contribution in [0.4, 0.5) is 5.82 Å². The number of aromatic nitrogens is 2. The molecule has 0 saturated heterocycles. The van der Waals surface area contributed by atoms with E-state index in [-0.39, 0.29) is 5.82 Å². The molecule has 0 fully saturated rings. The maximum Gasteiger partial charge on any atom is 0.347 e. The molecule has 0 spiro atoms. The number of H-pyrrole nitrogens is 1. The average Bonchev–Trinajstić information content (AvgIpc) is 2.30. The molecule has 4 nitrogen and oxygen atoms in total. The number of nitrogens with one attached hydrogen (secondary N) is 1. The Balaban J connectivity index is 2.65. The molecule has 1 heterocycles. The van der Waals surface area contributed by atoms with Crippen LogP contribution in [0.15, 0.2) is 29.1 Å². The van der Waals surface area contributed by atoms with Gasteiger partial charge in [-0.15, -0.1) is 0 Å². The average molecular weight is 250 g/mol. The first kappa shape index (κ1) is 11.7. The highest BCUT2D eigenvalue weighted by Crippen LogP contribution is 2.27. The van der Waals surface area contributed by atoms with E-state index in [1.165, 1.54) is 0 Å². The number of aryl methyl sites for hydroxylation is 1. The molecule has 0 aliphatic rings. The van der Waals surface area contributed by atoms with Crippen LogP contribution in [0, 0.1) is 0 Å². The number of halogens is 1. The number of rotatable bonds is 2. The SMILES string of the molecule is CCc1[nH]c(=O)nc(N)c1-c1ccc(Cl)cc1. The molecule has 2 aromatic rings. The van der Waals surface area contributed by atoms with E-state index in [1.807, 2.05) is 19.1 Å². The lowest BCUT2D eigenvalue weighted by Crippen LogP contribution is -2.16. The minimum Gasteiger partial charge on any atom is -0.383 e. The second kappa shape index (κ2) is 4.59. The molecule has 0 aliphatic heterocycles. The van der Waals surface area contributed by atoms with Crippen LogP contribution < -0.4 is 11.4 Å². The lowest BCUT2D eigenvalue weighted by atomic mass is 10.0. The number of nitrogens with two attached hydrogens (primary N) is 1. The molecule has 0 aliphatic carbocycles. The van der Waals surface area contributed by atoms with Gasteiger partial charge < -0.3 is 10.7 Å². The summed E-state index contributed by atoms with van der Waals surface area (Å²) in [4.78, 5) is 17.7. The van der Waals surface area contributed by atoms with Crippen molar-refractivity contribution >= 4 is 17.4 Å². The molecule has 0 saturated carbocycles. The summed E-state index contributed by atoms with van der Waals surface area (Å²) < 4.78 is 0. The standard InChI is InChI=1S/C12H12ClN3O/c1-2-9-10(11(14)16-12(17)15-9)7-3-5-8(13)6-4-7/h3-6H,2H2,1H3,(H3,14,15,16,17). The number of nitrogens with zero attached hydrogens (tertiary/aromatic N) is 1. The first-order chi connectivity index (χ1) is 8.11. The third-order valence-electron chi connectivity index (χ3n) is 2.52. The summed E-state index contributed by atoms with van der Waals surface area (Å²) in [6, 6.07) is 7.27. The Kier molecular flexibility index (Phi) is 3.15. The van der Waals surface area contributed by atoms with Crippen molar-refractivity contribution < 1.29 is 0 Å². The highest BCUT2D eigenvalue weighted by molar-refractivity contribution is 6.30. The summed E-state index contributed by atoms with van der Waals surface area (Å²) in [5.74, 6) is 0.243. The van der Waals surface area contributed by atoms with Crippen LogP contribution in [-0.2, 0) is 6.42 Å². The molecule has 1 aromatic carbocycles. The van der Waals surface area contributed by atoms with E-state index in [2.05, 4.69) is 9.97 Å². The van der Waals surface area contributed by atoms with Crippen LogP contribution >= 0.6 is 11.6 Å². The Morgan fingerprint density at radius 3 is 2.59 bits per heavy atom. The monoisotopic (exact) mass is 249 g/mol. The Morgan fingerprint density at radius 1 is 1.35 bits per heavy atom. The molecule has 0 amide bonds. The lowest BCUT2D eigenvalue weighted by Gasteiger charge is -2.09. The highest BCUT2D eigenvalue weighted by atomic mass is 35.5. The van der Waals surface area contributed by atoms with E-state index in [1.54, 1.807) is 12.1 Å². The zero-order valence-electron chi connectivity index (χ0n) is 9.33. The van der Waals surface area contributed by atoms with E-state index >= 15 is 0 Å². The number of nitrogen functional groups attached to an aromatic ring is 1. The Bertz CT molecular complexity index is 590. The van der Waals surface area contributed by atoms with Crippen molar-refractivity contribution in [1.29, 1.82) is 0 Å². The predicted molar refractivity (Wildman–Crippen MR) is 69.1 cm³/mol. The first-order valence-electron chi connectivity index (χ1n) is 5.26. The minimum absolute atomic E-state index is 0.243. The maximum absolute atomic E-state index is 11.2. The van der Waals surface area contributed by atoms with Gasteiger partial charge in [-0.3, -0.25) is 0 Å². The van der Waals surface area contributed by atoms with Gasteiger partial charge in [0.15, 0.2) is 0 Å². The Labute approximate surface area is 103 Å². The van der Waals surface area contributed by atoms with E-state index in [0.717, 1.165) is 16.8 Å². The highest BCUT2D eigenvalue weighted by Gasteiger charge is 2.10. The summed E-state index contributed by atoms with van der Waals surface area (Å²) >= 11 is 5.83. The van der Waals surface area contributed by atoms with Gasteiger partial charge in [0, 0.05) is 16.3 Å². The fourth-order valence-corrected chi connectivity index (χ4v) is 1.87. The van der Waals surface area contributed by atoms with Gasteiger partial charge in [0.25, 0.3) is 0 Å². The molecule has 5 heteroatoms. The van der Waals surface area contributed by atoms with Crippen molar-refractivity contribution in [3.05, 3.63) is 45.5 Å². The molecular formula is C12H12ClN3O. The van der Waals surface area contributed by atoms with Crippen LogP contribution in [0.2, 0.25) is 5.02 Å². The molecular weight excluding hydrogens is 238 g/mol. The predicted octanol–water partition coefficient (Wildman–Crippen LogP) is 2.23. The minimum atomic E-state index is -0.419. The van der Waals surface area contributed by atoms with Crippen LogP contribution in [-0.4, -0.2) is 9.97 Å². The van der Waals surface area contributed by atoms with Gasteiger partial charge in [0.05, 0.1) is 0 Å². The van der Waals surface area contributed by atoms with Gasteiger partial charge in [0.2, 0.25) is 0 Å². The van der Waals surface area contributed by atoms with Crippen molar-refractivity contribution in [2.45, 2.75) is 13.3 Å². The van der Waals surface area contributed by atoms with Gasteiger partial charge in [-0.1, -0.05) is 30.7 Å². The number of hydrogen-bond acceptors (Lipinski definition) is 3. The van der Waals surface area contributed by atoms with E-state index in [0.29, 0.717) is 11.4 Å². The lowest BCUT2D eigenvalue weighted by molar-refractivity contribution is 0.966. The molecule has 3 N–H and O–H groups in total. The summed E-state index contributed by atoms with van der Waals surface area (Å²) in [5.41, 5.74) is 7.83. The maximum atomic E-state index is 11.2. The normalized spacial score (nSPS) is 10.5. The molecule has 1 aromatic heterocycles. The summed E-state index contributed by atoms with van der Waals surface area (Å²) in [7, 11) is 0. The Morgan fingerprint density at radius 2 is 2.00 bits per heavy atom. The van der Waals surface area contributed by atoms with Gasteiger partial charge in [-0.05, 0) is 24.1 Å². The van der Waals surface area contributed by atoms with Crippen LogP contribution in [0.5, 0.6) is 0 Å². The van der Waals surface area contributed by atoms with Crippen LogP contribution in [0.1, 0.15) is 12.6 Å². The van der Waals surface area contributed by atoms with Crippen molar-refractivity contribution in [2.75, 3.05) is 5.73 Å². The zero-order valence-corrected chi connectivity index (χ0v) is 10.1. The third kappa shape index (κ3) is 2.31. The van der Waals surface area contributed by atoms with Gasteiger partial charge in [-0.25, -0.2) is 4.79 Å². The topological polar surface area (TPSA) is 71.8 Å². The number of aromatic amines is 1. The van der Waals surface area contributed by atoms with E-state index < -0.39 is 5.69 Å². The molecule has 0 bridgehead atoms. The fraction of sp³-hybridized carbons (Fsp3) is 0.167. The molecule has 88 valence electrons. The Hall–Kier alpha value is -1.81. The first-order valence-corrected chi connectivity index (χ1v) is 5.64. The van der Waals surface area contributed by atoms with E-state index in [9.17, 15) is 4.79 Å². The second-order valence-corrected chi connectivity index (χ2v) is 4.08. The third-order valence-corrected chi connectivity index (χ3v) is 2.78. The largest absolute Gasteiger partial charge is 0.383 e. The quantitative estimate of drug-likeness (QED) is 0.857. The molecule has 0 atom stereocenters. The molecule has 0 radical (unpaired) electrons. The van der Waals surface area contributed by atoms with E-state index in [4.69, 9.17) is 17.3 Å². The van der Waals surface area contributed by atoms with Gasteiger partial charge in [0.1, 0.15) is 5.82 Å². The van der Waals surface area contributed by atoms with Crippen LogP contribution in [0.3, 0.4) is 0 Å². The fourth-order valence-electron chi connectivity index (χ4n) is 1.74. The number of benzene rings is 1. The second-order valence-electron chi connectivity index (χ2n) is 3.64. The number of anilines is 1. The molecule has 2 rings (SSSR count). The van der Waals surface area contributed by atoms with Crippen molar-refractivity contribution in [1.82, 2.24) is 9.97 Å².